The first-order valence-electron chi connectivity index (χ1n) is 4.68. The standard InChI is InChI=1S/C10H21O/c1-4-6-8-11-9-10(3)7-5-2/h10H,2,4-9H2,1,3H3. The van der Waals surface area contributed by atoms with Crippen LogP contribution in [0.3, 0.4) is 0 Å². The molecule has 0 fully saturated rings. The van der Waals surface area contributed by atoms with Crippen LogP contribution in [0.2, 0.25) is 0 Å². The van der Waals surface area contributed by atoms with Gasteiger partial charge < -0.3 is 4.74 Å². The van der Waals surface area contributed by atoms with E-state index in [1.54, 1.807) is 0 Å². The van der Waals surface area contributed by atoms with Crippen LogP contribution in [0.15, 0.2) is 0 Å². The van der Waals surface area contributed by atoms with Gasteiger partial charge in [-0.05, 0) is 18.8 Å². The van der Waals surface area contributed by atoms with E-state index < -0.39 is 0 Å². The Hall–Kier alpha value is -0.0400. The minimum absolute atomic E-state index is 0.685. The summed E-state index contributed by atoms with van der Waals surface area (Å²) in [5.74, 6) is 0.685. The van der Waals surface area contributed by atoms with Crippen molar-refractivity contribution in [3.8, 4) is 0 Å². The quantitative estimate of drug-likeness (QED) is 0.516. The first-order valence-corrected chi connectivity index (χ1v) is 4.68. The Balaban J connectivity index is 2.97. The Morgan fingerprint density at radius 2 is 2.18 bits per heavy atom. The van der Waals surface area contributed by atoms with Gasteiger partial charge in [-0.3, -0.25) is 0 Å². The monoisotopic (exact) mass is 157 g/mol. The fraction of sp³-hybridized carbons (Fsp3) is 0.900. The van der Waals surface area contributed by atoms with Gasteiger partial charge in [0.05, 0.1) is 0 Å². The Labute approximate surface area is 71.1 Å². The van der Waals surface area contributed by atoms with Crippen molar-refractivity contribution in [1.82, 2.24) is 0 Å². The van der Waals surface area contributed by atoms with Crippen LogP contribution in [0.4, 0.5) is 0 Å². The summed E-state index contributed by atoms with van der Waals surface area (Å²) in [6, 6.07) is 0. The molecular weight excluding hydrogens is 136 g/mol. The Morgan fingerprint density at radius 3 is 2.73 bits per heavy atom. The molecule has 1 unspecified atom stereocenters. The van der Waals surface area contributed by atoms with Gasteiger partial charge in [-0.1, -0.05) is 33.6 Å². The summed E-state index contributed by atoms with van der Waals surface area (Å²) in [7, 11) is 0. The first kappa shape index (κ1) is 11.0. The molecule has 0 spiro atoms. The van der Waals surface area contributed by atoms with E-state index in [4.69, 9.17) is 4.74 Å². The highest BCUT2D eigenvalue weighted by Crippen LogP contribution is 2.04. The van der Waals surface area contributed by atoms with E-state index in [0.29, 0.717) is 5.92 Å². The van der Waals surface area contributed by atoms with Crippen LogP contribution in [-0.4, -0.2) is 13.2 Å². The smallest absolute Gasteiger partial charge is 0.0491 e. The average molecular weight is 157 g/mol. The van der Waals surface area contributed by atoms with Crippen molar-refractivity contribution in [1.29, 1.82) is 0 Å². The summed E-state index contributed by atoms with van der Waals surface area (Å²) < 4.78 is 5.46. The molecule has 0 aromatic carbocycles. The summed E-state index contributed by atoms with van der Waals surface area (Å²) in [5.41, 5.74) is 0. The van der Waals surface area contributed by atoms with Gasteiger partial charge in [0.2, 0.25) is 0 Å². The van der Waals surface area contributed by atoms with Crippen LogP contribution in [0.1, 0.15) is 39.5 Å². The van der Waals surface area contributed by atoms with Gasteiger partial charge in [-0.25, -0.2) is 0 Å². The number of rotatable bonds is 7. The van der Waals surface area contributed by atoms with Crippen molar-refractivity contribution in [3.63, 3.8) is 0 Å². The molecule has 0 aliphatic rings. The van der Waals surface area contributed by atoms with Gasteiger partial charge in [0.15, 0.2) is 0 Å². The highest BCUT2D eigenvalue weighted by atomic mass is 16.5. The maximum Gasteiger partial charge on any atom is 0.0491 e. The van der Waals surface area contributed by atoms with Gasteiger partial charge in [0.25, 0.3) is 0 Å². The van der Waals surface area contributed by atoms with Crippen LogP contribution in [-0.2, 0) is 4.74 Å². The lowest BCUT2D eigenvalue weighted by atomic mass is 10.1. The second kappa shape index (κ2) is 8.06. The summed E-state index contributed by atoms with van der Waals surface area (Å²) in [5, 5.41) is 0. The highest BCUT2D eigenvalue weighted by molar-refractivity contribution is 4.52. The van der Waals surface area contributed by atoms with Crippen molar-refractivity contribution in [3.05, 3.63) is 6.92 Å². The van der Waals surface area contributed by atoms with Crippen molar-refractivity contribution in [2.24, 2.45) is 5.92 Å². The van der Waals surface area contributed by atoms with Crippen LogP contribution >= 0.6 is 0 Å². The van der Waals surface area contributed by atoms with E-state index in [9.17, 15) is 0 Å². The first-order chi connectivity index (χ1) is 5.31. The summed E-state index contributed by atoms with van der Waals surface area (Å²) in [6.07, 6.45) is 4.63. The molecule has 67 valence electrons. The largest absolute Gasteiger partial charge is 0.381 e. The molecule has 1 heteroatoms. The minimum atomic E-state index is 0.685. The third-order valence-corrected chi connectivity index (χ3v) is 1.74. The molecule has 1 radical (unpaired) electrons. The second-order valence-electron chi connectivity index (χ2n) is 3.18. The fourth-order valence-corrected chi connectivity index (χ4v) is 0.963. The number of ether oxygens (including phenoxy) is 1. The van der Waals surface area contributed by atoms with E-state index in [-0.39, 0.29) is 0 Å². The number of hydrogen-bond donors (Lipinski definition) is 0. The van der Waals surface area contributed by atoms with E-state index in [1.807, 2.05) is 0 Å². The molecule has 0 aliphatic carbocycles. The molecule has 0 rings (SSSR count). The molecule has 0 bridgehead atoms. The molecule has 11 heavy (non-hydrogen) atoms. The van der Waals surface area contributed by atoms with E-state index >= 15 is 0 Å². The maximum atomic E-state index is 5.46. The molecule has 0 aromatic rings. The summed E-state index contributed by atoms with van der Waals surface area (Å²) in [4.78, 5) is 0. The molecule has 0 aromatic heterocycles. The zero-order valence-electron chi connectivity index (χ0n) is 7.94. The van der Waals surface area contributed by atoms with Crippen LogP contribution in [0.5, 0.6) is 0 Å². The van der Waals surface area contributed by atoms with Crippen molar-refractivity contribution < 1.29 is 4.74 Å². The van der Waals surface area contributed by atoms with Crippen LogP contribution in [0.25, 0.3) is 0 Å². The van der Waals surface area contributed by atoms with Crippen molar-refractivity contribution in [2.45, 2.75) is 39.5 Å². The lowest BCUT2D eigenvalue weighted by Gasteiger charge is -2.09. The van der Waals surface area contributed by atoms with Crippen molar-refractivity contribution in [2.75, 3.05) is 13.2 Å². The molecule has 0 saturated heterocycles. The van der Waals surface area contributed by atoms with Crippen molar-refractivity contribution >= 4 is 0 Å². The highest BCUT2D eigenvalue weighted by Gasteiger charge is 1.98. The third kappa shape index (κ3) is 7.86. The van der Waals surface area contributed by atoms with Gasteiger partial charge in [0, 0.05) is 13.2 Å². The Bertz CT molecular complexity index is 71.3. The van der Waals surface area contributed by atoms with Gasteiger partial charge in [-0.2, -0.15) is 0 Å². The Morgan fingerprint density at radius 1 is 1.45 bits per heavy atom. The SMILES string of the molecule is [CH2]CCC(C)COCCCC. The zero-order valence-corrected chi connectivity index (χ0v) is 7.94. The van der Waals surface area contributed by atoms with Crippen LogP contribution in [0, 0.1) is 12.8 Å². The molecular formula is C10H21O. The second-order valence-corrected chi connectivity index (χ2v) is 3.18. The lowest BCUT2D eigenvalue weighted by Crippen LogP contribution is -2.06. The lowest BCUT2D eigenvalue weighted by molar-refractivity contribution is 0.0999. The van der Waals surface area contributed by atoms with E-state index in [2.05, 4.69) is 20.8 Å². The van der Waals surface area contributed by atoms with E-state index in [0.717, 1.165) is 19.6 Å². The zero-order chi connectivity index (χ0) is 8.53. The minimum Gasteiger partial charge on any atom is -0.381 e. The topological polar surface area (TPSA) is 9.23 Å². The molecule has 0 N–H and O–H groups in total. The molecule has 0 saturated carbocycles. The fourth-order valence-electron chi connectivity index (χ4n) is 0.963. The predicted molar refractivity (Wildman–Crippen MR) is 49.5 cm³/mol. The molecule has 1 atom stereocenters. The van der Waals surface area contributed by atoms with Gasteiger partial charge in [-0.15, -0.1) is 0 Å². The number of unbranched alkanes of at least 4 members (excludes halogenated alkanes) is 1. The summed E-state index contributed by atoms with van der Waals surface area (Å²) >= 11 is 0. The molecule has 0 aliphatic heterocycles. The third-order valence-electron chi connectivity index (χ3n) is 1.74. The normalized spacial score (nSPS) is 13.4. The number of hydrogen-bond acceptors (Lipinski definition) is 1. The van der Waals surface area contributed by atoms with Gasteiger partial charge >= 0.3 is 0 Å². The average Bonchev–Trinajstić information content (AvgIpc) is 1.99. The maximum absolute atomic E-state index is 5.46. The summed E-state index contributed by atoms with van der Waals surface area (Å²) in [6.45, 7) is 10.1. The molecule has 0 amide bonds. The Kier molecular flexibility index (Phi) is 8.03. The predicted octanol–water partition coefficient (Wildman–Crippen LogP) is 3.05. The van der Waals surface area contributed by atoms with E-state index in [1.165, 1.54) is 19.3 Å². The van der Waals surface area contributed by atoms with Crippen LogP contribution < -0.4 is 0 Å². The van der Waals surface area contributed by atoms with Gasteiger partial charge in [0.1, 0.15) is 0 Å². The molecule has 1 nitrogen and oxygen atoms in total. The molecule has 0 heterocycles.